The van der Waals surface area contributed by atoms with E-state index in [9.17, 15) is 35.9 Å². The van der Waals surface area contributed by atoms with Gasteiger partial charge < -0.3 is 15.2 Å². The molecule has 0 unspecified atom stereocenters. The average molecular weight is 580 g/mol. The number of hydrogen-bond donors (Lipinski definition) is 2. The number of carbonyl (C=O) groups excluding carboxylic acids is 1. The topological polar surface area (TPSA) is 65.2 Å². The molecule has 11 heteroatoms. The minimum absolute atomic E-state index is 0.0377. The number of rotatable bonds is 7. The SMILES string of the molecule is Cc1cc(CN(Cc2cc(C(F)(F)F)cc(C(F)(F)F)c2)C(=O)C2(CC3CC3)CCNCC2)cc2[nH]c(=O)ccc12. The maximum atomic E-state index is 14.4. The molecule has 0 radical (unpaired) electrons. The molecule has 5 rings (SSSR count). The number of aromatic amines is 1. The standard InChI is InChI=1S/C30H31F6N3O2/c1-18-10-20(13-25-24(18)4-5-26(40)38-25)16-39(27(41)28(15-19-2-3-19)6-8-37-9-7-28)17-21-11-22(29(31,32)33)14-23(12-21)30(34,35)36/h4-5,10-14,19,37H,2-3,6-9,15-17H2,1H3,(H,38,40). The van der Waals surface area contributed by atoms with Gasteiger partial charge in [-0.1, -0.05) is 18.9 Å². The number of nitrogens with zero attached hydrogens (tertiary/aromatic N) is 1. The Labute approximate surface area is 232 Å². The number of nitrogens with one attached hydrogen (secondary N) is 2. The number of aryl methyl sites for hydroxylation is 1. The lowest BCUT2D eigenvalue weighted by Crippen LogP contribution is -2.49. The quantitative estimate of drug-likeness (QED) is 0.311. The van der Waals surface area contributed by atoms with Crippen molar-refractivity contribution in [3.63, 3.8) is 0 Å². The summed E-state index contributed by atoms with van der Waals surface area (Å²) in [4.78, 5) is 30.5. The van der Waals surface area contributed by atoms with Gasteiger partial charge in [0.15, 0.2) is 0 Å². The van der Waals surface area contributed by atoms with E-state index < -0.39 is 35.4 Å². The van der Waals surface area contributed by atoms with Gasteiger partial charge in [-0.05, 0) is 92.2 Å². The third-order valence-electron chi connectivity index (χ3n) is 8.18. The minimum atomic E-state index is -4.99. The van der Waals surface area contributed by atoms with Crippen LogP contribution in [0.1, 0.15) is 59.9 Å². The molecule has 2 heterocycles. The number of fused-ring (bicyclic) bond motifs is 1. The number of hydrogen-bond acceptors (Lipinski definition) is 3. The largest absolute Gasteiger partial charge is 0.416 e. The molecule has 2 aliphatic rings. The Kier molecular flexibility index (Phi) is 7.69. The Bertz CT molecular complexity index is 1470. The summed E-state index contributed by atoms with van der Waals surface area (Å²) in [6.07, 6.45) is -6.25. The predicted octanol–water partition coefficient (Wildman–Crippen LogP) is 6.57. The van der Waals surface area contributed by atoms with Crippen LogP contribution in [-0.2, 0) is 30.2 Å². The van der Waals surface area contributed by atoms with Crippen LogP contribution >= 0.6 is 0 Å². The summed E-state index contributed by atoms with van der Waals surface area (Å²) >= 11 is 0. The van der Waals surface area contributed by atoms with Crippen molar-refractivity contribution in [2.24, 2.45) is 11.3 Å². The number of pyridine rings is 1. The summed E-state index contributed by atoms with van der Waals surface area (Å²) in [6, 6.07) is 8.08. The Morgan fingerprint density at radius 1 is 0.902 bits per heavy atom. The van der Waals surface area contributed by atoms with E-state index in [4.69, 9.17) is 0 Å². The van der Waals surface area contributed by atoms with Crippen molar-refractivity contribution >= 4 is 16.8 Å². The maximum absolute atomic E-state index is 14.4. The Morgan fingerprint density at radius 3 is 2.05 bits per heavy atom. The molecule has 1 aliphatic heterocycles. The van der Waals surface area contributed by atoms with E-state index in [2.05, 4.69) is 10.3 Å². The molecule has 2 fully saturated rings. The van der Waals surface area contributed by atoms with Crippen LogP contribution in [-0.4, -0.2) is 28.9 Å². The van der Waals surface area contributed by atoms with Gasteiger partial charge in [-0.15, -0.1) is 0 Å². The second kappa shape index (κ2) is 10.8. The highest BCUT2D eigenvalue weighted by molar-refractivity contribution is 5.84. The normalized spacial score (nSPS) is 17.5. The van der Waals surface area contributed by atoms with Crippen LogP contribution in [0.3, 0.4) is 0 Å². The van der Waals surface area contributed by atoms with E-state index >= 15 is 0 Å². The van der Waals surface area contributed by atoms with Crippen LogP contribution in [0, 0.1) is 18.3 Å². The lowest BCUT2D eigenvalue weighted by atomic mass is 9.73. The molecule has 220 valence electrons. The molecule has 1 aliphatic carbocycles. The highest BCUT2D eigenvalue weighted by Crippen LogP contribution is 2.46. The molecule has 3 aromatic rings. The van der Waals surface area contributed by atoms with E-state index in [1.807, 2.05) is 13.0 Å². The van der Waals surface area contributed by atoms with E-state index in [0.29, 0.717) is 61.5 Å². The van der Waals surface area contributed by atoms with E-state index in [1.165, 1.54) is 11.0 Å². The first kappa shape index (κ1) is 29.2. The van der Waals surface area contributed by atoms with Crippen molar-refractivity contribution in [1.82, 2.24) is 15.2 Å². The highest BCUT2D eigenvalue weighted by Gasteiger charge is 2.46. The van der Waals surface area contributed by atoms with E-state index in [1.54, 1.807) is 12.1 Å². The van der Waals surface area contributed by atoms with Gasteiger partial charge in [-0.3, -0.25) is 9.59 Å². The summed E-state index contributed by atoms with van der Waals surface area (Å²) in [7, 11) is 0. The van der Waals surface area contributed by atoms with Gasteiger partial charge in [0.2, 0.25) is 11.5 Å². The zero-order chi connectivity index (χ0) is 29.6. The molecule has 2 N–H and O–H groups in total. The van der Waals surface area contributed by atoms with Gasteiger partial charge in [0.05, 0.1) is 16.5 Å². The third kappa shape index (κ3) is 6.60. The summed E-state index contributed by atoms with van der Waals surface area (Å²) in [6.45, 7) is 2.58. The zero-order valence-corrected chi connectivity index (χ0v) is 22.5. The first-order chi connectivity index (χ1) is 19.2. The first-order valence-corrected chi connectivity index (χ1v) is 13.6. The van der Waals surface area contributed by atoms with Crippen molar-refractivity contribution in [2.75, 3.05) is 13.1 Å². The van der Waals surface area contributed by atoms with Crippen molar-refractivity contribution in [3.8, 4) is 0 Å². The smallest absolute Gasteiger partial charge is 0.334 e. The third-order valence-corrected chi connectivity index (χ3v) is 8.18. The maximum Gasteiger partial charge on any atom is 0.416 e. The molecule has 0 spiro atoms. The van der Waals surface area contributed by atoms with Gasteiger partial charge in [0, 0.05) is 30.1 Å². The lowest BCUT2D eigenvalue weighted by Gasteiger charge is -2.40. The van der Waals surface area contributed by atoms with E-state index in [-0.39, 0.29) is 29.6 Å². The number of amides is 1. The monoisotopic (exact) mass is 579 g/mol. The number of alkyl halides is 6. The van der Waals surface area contributed by atoms with Gasteiger partial charge in [-0.25, -0.2) is 0 Å². The highest BCUT2D eigenvalue weighted by atomic mass is 19.4. The second-order valence-electron chi connectivity index (χ2n) is 11.4. The summed E-state index contributed by atoms with van der Waals surface area (Å²) in [5.74, 6) is 0.119. The molecule has 41 heavy (non-hydrogen) atoms. The van der Waals surface area contributed by atoms with Crippen LogP contribution < -0.4 is 10.9 Å². The molecule has 1 saturated carbocycles. The Hall–Kier alpha value is -3.34. The van der Waals surface area contributed by atoms with Crippen LogP contribution in [0.2, 0.25) is 0 Å². The van der Waals surface area contributed by atoms with Gasteiger partial charge in [-0.2, -0.15) is 26.3 Å². The summed E-state index contributed by atoms with van der Waals surface area (Å²) < 4.78 is 81.7. The molecule has 5 nitrogen and oxygen atoms in total. The molecule has 0 bridgehead atoms. The Morgan fingerprint density at radius 2 is 1.49 bits per heavy atom. The lowest BCUT2D eigenvalue weighted by molar-refractivity contribution is -0.146. The van der Waals surface area contributed by atoms with Crippen molar-refractivity contribution in [1.29, 1.82) is 0 Å². The second-order valence-corrected chi connectivity index (χ2v) is 11.4. The van der Waals surface area contributed by atoms with Gasteiger partial charge in [0.25, 0.3) is 0 Å². The minimum Gasteiger partial charge on any atom is -0.334 e. The number of piperidine rings is 1. The number of carbonyl (C=O) groups is 1. The van der Waals surface area contributed by atoms with Crippen LogP contribution in [0.4, 0.5) is 26.3 Å². The fourth-order valence-corrected chi connectivity index (χ4v) is 5.99. The van der Waals surface area contributed by atoms with Gasteiger partial charge in [0.1, 0.15) is 0 Å². The molecular formula is C30H31F6N3O2. The molecule has 1 amide bonds. The number of aromatic nitrogens is 1. The fraction of sp³-hybridized carbons (Fsp3) is 0.467. The van der Waals surface area contributed by atoms with Crippen molar-refractivity contribution in [2.45, 2.75) is 64.5 Å². The molecule has 0 atom stereocenters. The van der Waals surface area contributed by atoms with Crippen LogP contribution in [0.25, 0.3) is 10.9 Å². The predicted molar refractivity (Wildman–Crippen MR) is 142 cm³/mol. The zero-order valence-electron chi connectivity index (χ0n) is 22.5. The van der Waals surface area contributed by atoms with Gasteiger partial charge >= 0.3 is 12.4 Å². The summed E-state index contributed by atoms with van der Waals surface area (Å²) in [5, 5.41) is 4.05. The molecular weight excluding hydrogens is 548 g/mol. The molecule has 1 saturated heterocycles. The number of H-pyrrole nitrogens is 1. The number of halogens is 6. The molecule has 1 aromatic heterocycles. The Balaban J connectivity index is 1.58. The van der Waals surface area contributed by atoms with Crippen LogP contribution in [0.15, 0.2) is 47.3 Å². The van der Waals surface area contributed by atoms with Crippen molar-refractivity contribution in [3.05, 3.63) is 80.6 Å². The van der Waals surface area contributed by atoms with Crippen molar-refractivity contribution < 1.29 is 31.1 Å². The molecule has 2 aromatic carbocycles. The number of benzene rings is 2. The average Bonchev–Trinajstić information content (AvgIpc) is 3.71. The fourth-order valence-electron chi connectivity index (χ4n) is 5.99. The summed E-state index contributed by atoms with van der Waals surface area (Å²) in [5.41, 5.74) is -2.18. The van der Waals surface area contributed by atoms with Crippen LogP contribution in [0.5, 0.6) is 0 Å². The van der Waals surface area contributed by atoms with E-state index in [0.717, 1.165) is 23.8 Å². The first-order valence-electron chi connectivity index (χ1n) is 13.6.